The lowest BCUT2D eigenvalue weighted by Gasteiger charge is -2.19. The van der Waals surface area contributed by atoms with Crippen molar-refractivity contribution in [3.8, 4) is 0 Å². The molecule has 2 fully saturated rings. The first-order valence-electron chi connectivity index (χ1n) is 9.17. The molecule has 9 nitrogen and oxygen atoms in total. The fourth-order valence-electron chi connectivity index (χ4n) is 3.80. The topological polar surface area (TPSA) is 110 Å². The molecule has 2 aromatic rings. The molecule has 1 saturated carbocycles. The molecule has 28 heavy (non-hydrogen) atoms. The first-order valence-corrected chi connectivity index (χ1v) is 9.17. The van der Waals surface area contributed by atoms with E-state index in [0.717, 1.165) is 23.3 Å². The monoisotopic (exact) mass is 384 g/mol. The van der Waals surface area contributed by atoms with E-state index in [2.05, 4.69) is 10.3 Å². The van der Waals surface area contributed by atoms with Gasteiger partial charge in [-0.05, 0) is 31.4 Å². The maximum absolute atomic E-state index is 12.5. The van der Waals surface area contributed by atoms with Gasteiger partial charge in [-0.2, -0.15) is 0 Å². The maximum atomic E-state index is 12.5. The predicted octanol–water partition coefficient (Wildman–Crippen LogP) is 0.911. The van der Waals surface area contributed by atoms with Crippen LogP contribution in [-0.4, -0.2) is 44.3 Å². The Hall–Kier alpha value is -3.23. The molecule has 1 saturated heterocycles. The van der Waals surface area contributed by atoms with Crippen molar-refractivity contribution < 1.29 is 19.1 Å². The largest absolute Gasteiger partial charge is 0.458 e. The number of nitrogens with zero attached hydrogens (tertiary/aromatic N) is 3. The second-order valence-electron chi connectivity index (χ2n) is 7.29. The third kappa shape index (κ3) is 3.12. The average molecular weight is 384 g/mol. The van der Waals surface area contributed by atoms with Crippen LogP contribution in [0.15, 0.2) is 29.2 Å². The molecule has 0 unspecified atom stereocenters. The zero-order valence-corrected chi connectivity index (χ0v) is 15.4. The fourth-order valence-corrected chi connectivity index (χ4v) is 3.80. The van der Waals surface area contributed by atoms with Crippen molar-refractivity contribution >= 4 is 23.6 Å². The fraction of sp³-hybridized carbons (Fsp3) is 0.421. The van der Waals surface area contributed by atoms with Gasteiger partial charge >= 0.3 is 12.0 Å². The number of urea groups is 1. The molecule has 1 aliphatic heterocycles. The highest BCUT2D eigenvalue weighted by Crippen LogP contribution is 2.34. The Kier molecular flexibility index (Phi) is 4.37. The lowest BCUT2D eigenvalue weighted by molar-refractivity contribution is -0.148. The second kappa shape index (κ2) is 6.74. The summed E-state index contributed by atoms with van der Waals surface area (Å²) in [6.07, 6.45) is 4.60. The van der Waals surface area contributed by atoms with E-state index in [0.29, 0.717) is 24.2 Å². The van der Waals surface area contributed by atoms with E-state index in [-0.39, 0.29) is 18.1 Å². The number of nitrogens with one attached hydrogen (secondary N) is 1. The normalized spacial score (nSPS) is 18.1. The Labute approximate surface area is 160 Å². The molecule has 9 heteroatoms. The highest BCUT2D eigenvalue weighted by molar-refractivity contribution is 6.08. The number of hydrogen-bond donors (Lipinski definition) is 1. The average Bonchev–Trinajstić information content (AvgIpc) is 3.21. The molecule has 3 amide bonds. The molecule has 0 atom stereocenters. The summed E-state index contributed by atoms with van der Waals surface area (Å²) in [6, 6.07) is 4.26. The minimum atomic E-state index is -0.857. The van der Waals surface area contributed by atoms with E-state index < -0.39 is 24.1 Å². The summed E-state index contributed by atoms with van der Waals surface area (Å²) in [5.74, 6) is -1.10. The quantitative estimate of drug-likeness (QED) is 0.620. The Morgan fingerprint density at radius 2 is 2.00 bits per heavy atom. The molecule has 4 rings (SSSR count). The van der Waals surface area contributed by atoms with Crippen molar-refractivity contribution in [3.63, 3.8) is 0 Å². The zero-order valence-electron chi connectivity index (χ0n) is 15.4. The van der Waals surface area contributed by atoms with E-state index in [1.54, 1.807) is 12.3 Å². The summed E-state index contributed by atoms with van der Waals surface area (Å²) in [5, 5.41) is 2.71. The van der Waals surface area contributed by atoms with Crippen LogP contribution in [0, 0.1) is 6.92 Å². The Balaban J connectivity index is 1.42. The number of rotatable bonds is 4. The number of aryl methyl sites for hydroxylation is 1. The summed E-state index contributed by atoms with van der Waals surface area (Å²) in [7, 11) is 0. The minimum absolute atomic E-state index is 0.215. The van der Waals surface area contributed by atoms with Crippen molar-refractivity contribution in [2.24, 2.45) is 0 Å². The molecule has 2 aliphatic rings. The number of fused-ring (bicyclic) bond motifs is 1. The number of hydrogen-bond acceptors (Lipinski definition) is 6. The number of aromatic nitrogens is 2. The number of imide groups is 1. The Bertz CT molecular complexity index is 1040. The molecule has 1 spiro atoms. The summed E-state index contributed by atoms with van der Waals surface area (Å²) >= 11 is 0. The van der Waals surface area contributed by atoms with E-state index in [1.807, 2.05) is 13.0 Å². The SMILES string of the molecule is Cc1ccc2nc(COC(=O)CN3C(=O)NC4(CCCC4)C3=O)cc(=O)n2c1. The van der Waals surface area contributed by atoms with Gasteiger partial charge in [-0.15, -0.1) is 0 Å². The van der Waals surface area contributed by atoms with Crippen LogP contribution in [0.5, 0.6) is 0 Å². The van der Waals surface area contributed by atoms with Gasteiger partial charge in [-0.1, -0.05) is 18.9 Å². The molecule has 1 aliphatic carbocycles. The van der Waals surface area contributed by atoms with E-state index >= 15 is 0 Å². The lowest BCUT2D eigenvalue weighted by atomic mass is 9.98. The summed E-state index contributed by atoms with van der Waals surface area (Å²) < 4.78 is 6.55. The van der Waals surface area contributed by atoms with Gasteiger partial charge in [0.1, 0.15) is 24.3 Å². The van der Waals surface area contributed by atoms with Gasteiger partial charge in [0.15, 0.2) is 0 Å². The first kappa shape index (κ1) is 18.1. The van der Waals surface area contributed by atoms with Crippen molar-refractivity contribution in [2.45, 2.75) is 44.8 Å². The van der Waals surface area contributed by atoms with Crippen LogP contribution in [0.25, 0.3) is 5.65 Å². The number of pyridine rings is 1. The molecule has 2 aromatic heterocycles. The zero-order chi connectivity index (χ0) is 19.9. The Morgan fingerprint density at radius 3 is 2.75 bits per heavy atom. The number of amides is 3. The van der Waals surface area contributed by atoms with Gasteiger partial charge in [0.2, 0.25) is 0 Å². The molecule has 146 valence electrons. The van der Waals surface area contributed by atoms with Crippen molar-refractivity contribution in [1.82, 2.24) is 19.6 Å². The third-order valence-electron chi connectivity index (χ3n) is 5.23. The minimum Gasteiger partial charge on any atom is -0.458 e. The van der Waals surface area contributed by atoms with Crippen LogP contribution in [0.3, 0.4) is 0 Å². The lowest BCUT2D eigenvalue weighted by Crippen LogP contribution is -2.44. The molecule has 0 radical (unpaired) electrons. The molecular formula is C19H20N4O5. The standard InChI is InChI=1S/C19H20N4O5/c1-12-4-5-14-20-13(8-15(24)22(14)9-12)11-28-16(25)10-23-17(26)19(21-18(23)27)6-2-3-7-19/h4-5,8-9H,2-3,6-7,10-11H2,1H3,(H,21,27). The summed E-state index contributed by atoms with van der Waals surface area (Å²) in [6.45, 7) is 1.19. The van der Waals surface area contributed by atoms with Gasteiger partial charge in [0, 0.05) is 12.3 Å². The van der Waals surface area contributed by atoms with E-state index in [1.165, 1.54) is 10.5 Å². The molecular weight excluding hydrogens is 364 g/mol. The highest BCUT2D eigenvalue weighted by atomic mass is 16.5. The van der Waals surface area contributed by atoms with Gasteiger partial charge in [0.25, 0.3) is 11.5 Å². The van der Waals surface area contributed by atoms with Crippen molar-refractivity contribution in [2.75, 3.05) is 6.54 Å². The van der Waals surface area contributed by atoms with Crippen LogP contribution in [0.4, 0.5) is 4.79 Å². The van der Waals surface area contributed by atoms with Crippen LogP contribution in [0.2, 0.25) is 0 Å². The second-order valence-corrected chi connectivity index (χ2v) is 7.29. The molecule has 1 N–H and O–H groups in total. The number of carbonyl (C=O) groups excluding carboxylic acids is 3. The first-order chi connectivity index (χ1) is 13.4. The van der Waals surface area contributed by atoms with Gasteiger partial charge in [-0.3, -0.25) is 23.7 Å². The number of carbonyl (C=O) groups is 3. The van der Waals surface area contributed by atoms with E-state index in [4.69, 9.17) is 4.74 Å². The highest BCUT2D eigenvalue weighted by Gasteiger charge is 2.52. The smallest absolute Gasteiger partial charge is 0.326 e. The van der Waals surface area contributed by atoms with Crippen LogP contribution >= 0.6 is 0 Å². The summed E-state index contributed by atoms with van der Waals surface area (Å²) in [5.41, 5.74) is 0.527. The molecule has 0 aromatic carbocycles. The van der Waals surface area contributed by atoms with Gasteiger partial charge < -0.3 is 10.1 Å². The van der Waals surface area contributed by atoms with Crippen LogP contribution in [0.1, 0.15) is 36.9 Å². The molecule has 0 bridgehead atoms. The molecule has 3 heterocycles. The van der Waals surface area contributed by atoms with Crippen LogP contribution < -0.4 is 10.9 Å². The Morgan fingerprint density at radius 1 is 1.25 bits per heavy atom. The van der Waals surface area contributed by atoms with E-state index in [9.17, 15) is 19.2 Å². The third-order valence-corrected chi connectivity index (χ3v) is 5.23. The van der Waals surface area contributed by atoms with Crippen molar-refractivity contribution in [3.05, 3.63) is 46.0 Å². The van der Waals surface area contributed by atoms with Crippen LogP contribution in [-0.2, 0) is 20.9 Å². The summed E-state index contributed by atoms with van der Waals surface area (Å²) in [4.78, 5) is 54.2. The maximum Gasteiger partial charge on any atom is 0.326 e. The van der Waals surface area contributed by atoms with Gasteiger partial charge in [-0.25, -0.2) is 9.78 Å². The predicted molar refractivity (Wildman–Crippen MR) is 97.4 cm³/mol. The number of esters is 1. The van der Waals surface area contributed by atoms with Gasteiger partial charge in [0.05, 0.1) is 5.69 Å². The number of ether oxygens (including phenoxy) is 1. The van der Waals surface area contributed by atoms with Crippen molar-refractivity contribution in [1.29, 1.82) is 0 Å².